The molecule has 0 aliphatic heterocycles. The van der Waals surface area contributed by atoms with Gasteiger partial charge in [-0.05, 0) is 24.7 Å². The molecular formula is C19H16ClN5O2. The molecule has 4 rings (SSSR count). The molecule has 3 aromatic heterocycles. The molecule has 0 unspecified atom stereocenters. The third-order valence-electron chi connectivity index (χ3n) is 4.36. The van der Waals surface area contributed by atoms with Crippen molar-refractivity contribution in [2.75, 3.05) is 6.54 Å². The maximum absolute atomic E-state index is 13.3. The van der Waals surface area contributed by atoms with Crippen molar-refractivity contribution >= 4 is 22.6 Å². The van der Waals surface area contributed by atoms with E-state index in [0.29, 0.717) is 40.8 Å². The van der Waals surface area contributed by atoms with Crippen LogP contribution in [0.5, 0.6) is 5.75 Å². The molecule has 0 spiro atoms. The second-order valence-electron chi connectivity index (χ2n) is 5.95. The molecule has 0 aliphatic rings. The van der Waals surface area contributed by atoms with Crippen molar-refractivity contribution in [1.82, 2.24) is 19.3 Å². The fourth-order valence-electron chi connectivity index (χ4n) is 3.22. The predicted molar refractivity (Wildman–Crippen MR) is 104 cm³/mol. The molecule has 4 aromatic rings. The molecule has 3 N–H and O–H groups in total. The molecule has 136 valence electrons. The number of imidazole rings is 1. The van der Waals surface area contributed by atoms with Gasteiger partial charge < -0.3 is 10.8 Å². The van der Waals surface area contributed by atoms with Crippen molar-refractivity contribution in [2.45, 2.75) is 6.42 Å². The number of fused-ring (bicyclic) bond motifs is 1. The molecule has 0 radical (unpaired) electrons. The first-order valence-corrected chi connectivity index (χ1v) is 8.70. The highest BCUT2D eigenvalue weighted by molar-refractivity contribution is 6.32. The van der Waals surface area contributed by atoms with Gasteiger partial charge in [-0.1, -0.05) is 23.7 Å². The number of nitrogens with zero attached hydrogens (tertiary/aromatic N) is 4. The number of nitrogens with two attached hydrogens (primary N) is 1. The van der Waals surface area contributed by atoms with Gasteiger partial charge in [-0.2, -0.15) is 0 Å². The Morgan fingerprint density at radius 3 is 2.78 bits per heavy atom. The van der Waals surface area contributed by atoms with Crippen LogP contribution in [0.15, 0.2) is 60.0 Å². The van der Waals surface area contributed by atoms with Gasteiger partial charge in [0.25, 0.3) is 0 Å². The number of hydrogen-bond donors (Lipinski definition) is 2. The van der Waals surface area contributed by atoms with E-state index in [1.54, 1.807) is 64.6 Å². The highest BCUT2D eigenvalue weighted by Crippen LogP contribution is 2.36. The molecular weight excluding hydrogens is 366 g/mol. The predicted octanol–water partition coefficient (Wildman–Crippen LogP) is 2.43. The van der Waals surface area contributed by atoms with Crippen molar-refractivity contribution in [3.8, 4) is 16.9 Å². The lowest BCUT2D eigenvalue weighted by Gasteiger charge is -2.20. The van der Waals surface area contributed by atoms with Crippen LogP contribution in [0.4, 0.5) is 0 Å². The molecule has 0 bridgehead atoms. The zero-order chi connectivity index (χ0) is 19.0. The molecule has 1 aromatic carbocycles. The molecule has 27 heavy (non-hydrogen) atoms. The van der Waals surface area contributed by atoms with Gasteiger partial charge in [-0.15, -0.1) is 0 Å². The summed E-state index contributed by atoms with van der Waals surface area (Å²) in [6.45, 7) is 0.306. The fourth-order valence-corrected chi connectivity index (χ4v) is 3.40. The fraction of sp³-hybridized carbons (Fsp3) is 0.105. The summed E-state index contributed by atoms with van der Waals surface area (Å²) in [5.41, 5.74) is 7.40. The third kappa shape index (κ3) is 2.77. The Morgan fingerprint density at radius 1 is 1.19 bits per heavy atom. The number of para-hydroxylation sites is 1. The van der Waals surface area contributed by atoms with E-state index in [-0.39, 0.29) is 16.2 Å². The summed E-state index contributed by atoms with van der Waals surface area (Å²) in [6, 6.07) is 8.33. The quantitative estimate of drug-likeness (QED) is 0.565. The molecule has 0 saturated carbocycles. The van der Waals surface area contributed by atoms with Gasteiger partial charge in [0.1, 0.15) is 12.1 Å². The third-order valence-corrected chi connectivity index (χ3v) is 4.67. The average molecular weight is 382 g/mol. The zero-order valence-corrected chi connectivity index (χ0v) is 15.0. The van der Waals surface area contributed by atoms with Crippen molar-refractivity contribution in [3.63, 3.8) is 0 Å². The van der Waals surface area contributed by atoms with Gasteiger partial charge in [0.05, 0.1) is 21.7 Å². The summed E-state index contributed by atoms with van der Waals surface area (Å²) in [5.74, 6) is -0.144. The van der Waals surface area contributed by atoms with E-state index in [9.17, 15) is 9.90 Å². The Labute approximate surface area is 159 Å². The lowest BCUT2D eigenvalue weighted by Crippen LogP contribution is -2.24. The number of phenols is 1. The number of halogens is 1. The summed E-state index contributed by atoms with van der Waals surface area (Å²) in [4.78, 5) is 21.8. The largest absolute Gasteiger partial charge is 0.506 e. The van der Waals surface area contributed by atoms with Crippen LogP contribution >= 0.6 is 11.6 Å². The molecule has 0 amide bonds. The Balaban J connectivity index is 2.22. The highest BCUT2D eigenvalue weighted by Gasteiger charge is 2.22. The van der Waals surface area contributed by atoms with Gasteiger partial charge in [-0.25, -0.2) is 19.3 Å². The normalized spacial score (nSPS) is 11.2. The monoisotopic (exact) mass is 381 g/mol. The first-order chi connectivity index (χ1) is 13.1. The summed E-state index contributed by atoms with van der Waals surface area (Å²) in [6.07, 6.45) is 7.01. The minimum absolute atomic E-state index is 0.144. The summed E-state index contributed by atoms with van der Waals surface area (Å²) in [7, 11) is 0. The lowest BCUT2D eigenvalue weighted by atomic mass is 9.99. The molecule has 0 aliphatic carbocycles. The number of aromatic hydroxyl groups is 1. The Hall–Kier alpha value is -3.16. The van der Waals surface area contributed by atoms with Crippen LogP contribution in [0.2, 0.25) is 5.02 Å². The van der Waals surface area contributed by atoms with Crippen LogP contribution in [0.3, 0.4) is 0 Å². The van der Waals surface area contributed by atoms with Gasteiger partial charge in [0.2, 0.25) is 0 Å². The van der Waals surface area contributed by atoms with Gasteiger partial charge in [0, 0.05) is 30.6 Å². The molecule has 8 heteroatoms. The van der Waals surface area contributed by atoms with Gasteiger partial charge in [-0.3, -0.25) is 4.79 Å². The summed E-state index contributed by atoms with van der Waals surface area (Å²) >= 11 is 6.09. The molecule has 3 heterocycles. The molecule has 7 nitrogen and oxygen atoms in total. The second kappa shape index (κ2) is 6.86. The first-order valence-electron chi connectivity index (χ1n) is 8.32. The standard InChI is InChI=1S/C19H16ClN5O2/c20-14-5-1-3-12(17(14)26)16-15(6-7-21)25(24-10-9-22-11-24)19-13(18(16)27)4-2-8-23-19/h1-5,8-11,26H,6-7,21H2. The average Bonchev–Trinajstić information content (AvgIpc) is 3.20. The number of benzene rings is 1. The van der Waals surface area contributed by atoms with E-state index >= 15 is 0 Å². The van der Waals surface area contributed by atoms with Crippen molar-refractivity contribution in [1.29, 1.82) is 0 Å². The van der Waals surface area contributed by atoms with E-state index in [0.717, 1.165) is 0 Å². The van der Waals surface area contributed by atoms with Crippen molar-refractivity contribution < 1.29 is 5.11 Å². The second-order valence-corrected chi connectivity index (χ2v) is 6.36. The van der Waals surface area contributed by atoms with Crippen LogP contribution in [0, 0.1) is 0 Å². The molecule has 0 fully saturated rings. The van der Waals surface area contributed by atoms with Crippen LogP contribution in [-0.4, -0.2) is 31.0 Å². The SMILES string of the molecule is NCCc1c(-c2cccc(Cl)c2O)c(=O)c2cccnc2n1-n1ccnc1. The number of pyridine rings is 2. The smallest absolute Gasteiger partial charge is 0.199 e. The van der Waals surface area contributed by atoms with Crippen molar-refractivity contribution in [3.05, 3.63) is 76.2 Å². The minimum Gasteiger partial charge on any atom is -0.506 e. The topological polar surface area (TPSA) is 99.0 Å². The van der Waals surface area contributed by atoms with E-state index in [4.69, 9.17) is 17.3 Å². The van der Waals surface area contributed by atoms with Crippen LogP contribution in [0.25, 0.3) is 22.2 Å². The maximum atomic E-state index is 13.3. The zero-order valence-electron chi connectivity index (χ0n) is 14.2. The first kappa shape index (κ1) is 17.3. The van der Waals surface area contributed by atoms with Crippen LogP contribution in [0.1, 0.15) is 5.69 Å². The van der Waals surface area contributed by atoms with E-state index < -0.39 is 0 Å². The Bertz CT molecular complexity index is 1180. The summed E-state index contributed by atoms with van der Waals surface area (Å²) < 4.78 is 3.51. The number of aromatic nitrogens is 4. The maximum Gasteiger partial charge on any atom is 0.199 e. The van der Waals surface area contributed by atoms with Gasteiger partial charge in [0.15, 0.2) is 11.1 Å². The minimum atomic E-state index is -0.240. The van der Waals surface area contributed by atoms with E-state index in [1.165, 1.54) is 0 Å². The number of hydrogen-bond acceptors (Lipinski definition) is 5. The lowest BCUT2D eigenvalue weighted by molar-refractivity contribution is 0.477. The number of phenolic OH excluding ortho intramolecular Hbond substituents is 1. The van der Waals surface area contributed by atoms with E-state index in [1.807, 2.05) is 0 Å². The summed E-state index contributed by atoms with van der Waals surface area (Å²) in [5, 5.41) is 11.1. The Kier molecular flexibility index (Phi) is 4.39. The van der Waals surface area contributed by atoms with Crippen LogP contribution < -0.4 is 11.2 Å². The van der Waals surface area contributed by atoms with E-state index in [2.05, 4.69) is 9.97 Å². The molecule has 0 atom stereocenters. The van der Waals surface area contributed by atoms with Crippen LogP contribution in [-0.2, 0) is 6.42 Å². The number of rotatable bonds is 4. The molecule has 0 saturated heterocycles. The Morgan fingerprint density at radius 2 is 2.04 bits per heavy atom. The van der Waals surface area contributed by atoms with Gasteiger partial charge >= 0.3 is 0 Å². The van der Waals surface area contributed by atoms with Crippen molar-refractivity contribution in [2.24, 2.45) is 5.73 Å². The highest BCUT2D eigenvalue weighted by atomic mass is 35.5.